The summed E-state index contributed by atoms with van der Waals surface area (Å²) < 4.78 is 0. The van der Waals surface area contributed by atoms with Gasteiger partial charge in [-0.25, -0.2) is 0 Å². The molecule has 0 heterocycles. The zero-order valence-electron chi connectivity index (χ0n) is 4.49. The molecule has 0 aliphatic rings. The van der Waals surface area contributed by atoms with Crippen molar-refractivity contribution in [3.05, 3.63) is 12.3 Å². The van der Waals surface area contributed by atoms with E-state index in [2.05, 4.69) is 0 Å². The van der Waals surface area contributed by atoms with Crippen LogP contribution in [0.25, 0.3) is 0 Å². The first-order chi connectivity index (χ1) is 3.68. The van der Waals surface area contributed by atoms with E-state index in [0.29, 0.717) is 0 Å². The van der Waals surface area contributed by atoms with Crippen molar-refractivity contribution in [3.8, 4) is 0 Å². The first-order valence-electron chi connectivity index (χ1n) is 2.26. The number of aliphatic hydroxyl groups excluding tert-OH is 1. The fraction of sp³-hybridized carbons (Fsp3) is 0.500. The fourth-order valence-corrected chi connectivity index (χ4v) is 0.242. The molecule has 2 atom stereocenters. The number of rotatable bonds is 2. The van der Waals surface area contributed by atoms with Crippen LogP contribution in [0.4, 0.5) is 0 Å². The third-order valence-electron chi connectivity index (χ3n) is 0.728. The standard InChI is InChI=1S/C4H11N3O/c5-2-1-3(6)4(7)8/h1-4,8H,5-7H2/b2-1+. The van der Waals surface area contributed by atoms with Crippen LogP contribution in [0.1, 0.15) is 0 Å². The number of hydrogen-bond donors (Lipinski definition) is 4. The van der Waals surface area contributed by atoms with Crippen LogP contribution in [0, 0.1) is 0 Å². The van der Waals surface area contributed by atoms with Crippen molar-refractivity contribution >= 4 is 0 Å². The van der Waals surface area contributed by atoms with Crippen molar-refractivity contribution in [2.24, 2.45) is 17.2 Å². The molecule has 0 aromatic heterocycles. The van der Waals surface area contributed by atoms with E-state index in [1.165, 1.54) is 12.3 Å². The smallest absolute Gasteiger partial charge is 0.121 e. The molecule has 0 aromatic carbocycles. The Morgan fingerprint density at radius 2 is 1.88 bits per heavy atom. The highest BCUT2D eigenvalue weighted by Crippen LogP contribution is 1.80. The summed E-state index contributed by atoms with van der Waals surface area (Å²) in [6.45, 7) is 0. The number of hydrogen-bond acceptors (Lipinski definition) is 4. The summed E-state index contributed by atoms with van der Waals surface area (Å²) in [5, 5.41) is 8.50. The number of nitrogens with two attached hydrogens (primary N) is 3. The van der Waals surface area contributed by atoms with Crippen molar-refractivity contribution in [2.45, 2.75) is 12.3 Å². The van der Waals surface area contributed by atoms with Crippen LogP contribution in [0.15, 0.2) is 12.3 Å². The highest BCUT2D eigenvalue weighted by Gasteiger charge is 2.02. The molecular formula is C4H11N3O. The molecule has 0 aliphatic heterocycles. The van der Waals surface area contributed by atoms with Gasteiger partial charge in [0, 0.05) is 0 Å². The molecule has 0 saturated carbocycles. The summed E-state index contributed by atoms with van der Waals surface area (Å²) in [5.74, 6) is 0. The fourth-order valence-electron chi connectivity index (χ4n) is 0.242. The SMILES string of the molecule is N/C=C/C(N)C(N)O. The lowest BCUT2D eigenvalue weighted by molar-refractivity contribution is 0.168. The van der Waals surface area contributed by atoms with Gasteiger partial charge in [-0.15, -0.1) is 0 Å². The molecule has 0 aromatic rings. The average molecular weight is 117 g/mol. The first kappa shape index (κ1) is 7.42. The molecule has 48 valence electrons. The van der Waals surface area contributed by atoms with Crippen LogP contribution in [0.3, 0.4) is 0 Å². The molecule has 0 radical (unpaired) electrons. The van der Waals surface area contributed by atoms with E-state index in [-0.39, 0.29) is 0 Å². The van der Waals surface area contributed by atoms with Crippen molar-refractivity contribution in [1.29, 1.82) is 0 Å². The van der Waals surface area contributed by atoms with Crippen LogP contribution in [0.2, 0.25) is 0 Å². The molecule has 4 heteroatoms. The van der Waals surface area contributed by atoms with Gasteiger partial charge in [0.05, 0.1) is 6.04 Å². The van der Waals surface area contributed by atoms with Gasteiger partial charge in [0.15, 0.2) is 0 Å². The Kier molecular flexibility index (Phi) is 3.18. The zero-order valence-corrected chi connectivity index (χ0v) is 4.49. The minimum atomic E-state index is -1.02. The van der Waals surface area contributed by atoms with Crippen molar-refractivity contribution in [1.82, 2.24) is 0 Å². The summed E-state index contributed by atoms with van der Waals surface area (Å²) in [5.41, 5.74) is 15.1. The predicted octanol–water partition coefficient (Wildman–Crippen LogP) is -1.94. The Morgan fingerprint density at radius 3 is 2.00 bits per heavy atom. The van der Waals surface area contributed by atoms with E-state index in [1.54, 1.807) is 0 Å². The van der Waals surface area contributed by atoms with Gasteiger partial charge >= 0.3 is 0 Å². The molecule has 0 rings (SSSR count). The Morgan fingerprint density at radius 1 is 1.38 bits per heavy atom. The molecule has 8 heavy (non-hydrogen) atoms. The van der Waals surface area contributed by atoms with Gasteiger partial charge in [0.2, 0.25) is 0 Å². The molecule has 0 saturated heterocycles. The molecule has 7 N–H and O–H groups in total. The van der Waals surface area contributed by atoms with Gasteiger partial charge < -0.3 is 22.3 Å². The van der Waals surface area contributed by atoms with E-state index in [4.69, 9.17) is 22.3 Å². The van der Waals surface area contributed by atoms with Gasteiger partial charge in [-0.1, -0.05) is 0 Å². The van der Waals surface area contributed by atoms with Crippen LogP contribution in [-0.2, 0) is 0 Å². The molecular weight excluding hydrogens is 106 g/mol. The molecule has 2 unspecified atom stereocenters. The highest BCUT2D eigenvalue weighted by atomic mass is 16.3. The van der Waals surface area contributed by atoms with E-state index in [1.807, 2.05) is 0 Å². The van der Waals surface area contributed by atoms with Gasteiger partial charge in [-0.2, -0.15) is 0 Å². The van der Waals surface area contributed by atoms with Gasteiger partial charge in [0.25, 0.3) is 0 Å². The minimum Gasteiger partial charge on any atom is -0.405 e. The monoisotopic (exact) mass is 117 g/mol. The van der Waals surface area contributed by atoms with E-state index in [9.17, 15) is 0 Å². The highest BCUT2D eigenvalue weighted by molar-refractivity contribution is 4.90. The largest absolute Gasteiger partial charge is 0.405 e. The predicted molar refractivity (Wildman–Crippen MR) is 31.5 cm³/mol. The second-order valence-corrected chi connectivity index (χ2v) is 1.45. The van der Waals surface area contributed by atoms with Crippen molar-refractivity contribution in [3.63, 3.8) is 0 Å². The Balaban J connectivity index is 3.47. The second kappa shape index (κ2) is 3.43. The number of aliphatic hydroxyl groups is 1. The average Bonchev–Trinajstić information content (AvgIpc) is 1.67. The van der Waals surface area contributed by atoms with Crippen LogP contribution >= 0.6 is 0 Å². The van der Waals surface area contributed by atoms with E-state index < -0.39 is 12.3 Å². The lowest BCUT2D eigenvalue weighted by Crippen LogP contribution is -2.39. The van der Waals surface area contributed by atoms with Crippen LogP contribution in [-0.4, -0.2) is 17.4 Å². The maximum absolute atomic E-state index is 8.50. The summed E-state index contributed by atoms with van der Waals surface area (Å²) in [4.78, 5) is 0. The van der Waals surface area contributed by atoms with Gasteiger partial charge in [-0.05, 0) is 12.3 Å². The zero-order chi connectivity index (χ0) is 6.57. The van der Waals surface area contributed by atoms with E-state index in [0.717, 1.165) is 0 Å². The van der Waals surface area contributed by atoms with Crippen molar-refractivity contribution < 1.29 is 5.11 Å². The summed E-state index contributed by atoms with van der Waals surface area (Å²) in [6, 6.07) is -0.556. The molecule has 0 amide bonds. The Bertz CT molecular complexity index is 81.4. The lowest BCUT2D eigenvalue weighted by Gasteiger charge is -2.07. The second-order valence-electron chi connectivity index (χ2n) is 1.45. The lowest BCUT2D eigenvalue weighted by atomic mass is 10.3. The molecule has 0 spiro atoms. The van der Waals surface area contributed by atoms with Gasteiger partial charge in [-0.3, -0.25) is 0 Å². The molecule has 0 aliphatic carbocycles. The van der Waals surface area contributed by atoms with Crippen molar-refractivity contribution in [2.75, 3.05) is 0 Å². The molecule has 0 fully saturated rings. The summed E-state index contributed by atoms with van der Waals surface area (Å²) in [6.07, 6.45) is 1.65. The molecule has 4 nitrogen and oxygen atoms in total. The normalized spacial score (nSPS) is 18.9. The first-order valence-corrected chi connectivity index (χ1v) is 2.26. The maximum atomic E-state index is 8.50. The van der Waals surface area contributed by atoms with Gasteiger partial charge in [0.1, 0.15) is 6.23 Å². The summed E-state index contributed by atoms with van der Waals surface area (Å²) >= 11 is 0. The van der Waals surface area contributed by atoms with E-state index >= 15 is 0 Å². The summed E-state index contributed by atoms with van der Waals surface area (Å²) in [7, 11) is 0. The molecule has 0 bridgehead atoms. The topological polar surface area (TPSA) is 98.3 Å². The quantitative estimate of drug-likeness (QED) is 0.316. The van der Waals surface area contributed by atoms with Crippen LogP contribution < -0.4 is 17.2 Å². The third kappa shape index (κ3) is 2.57. The van der Waals surface area contributed by atoms with Crippen LogP contribution in [0.5, 0.6) is 0 Å². The minimum absolute atomic E-state index is 0.556. The Labute approximate surface area is 48.0 Å². The maximum Gasteiger partial charge on any atom is 0.121 e. The Hall–Kier alpha value is -0.580. The third-order valence-corrected chi connectivity index (χ3v) is 0.728.